The van der Waals surface area contributed by atoms with Crippen LogP contribution in [0.25, 0.3) is 33.1 Å². The van der Waals surface area contributed by atoms with E-state index in [1.165, 1.54) is 0 Å². The summed E-state index contributed by atoms with van der Waals surface area (Å²) < 4.78 is 43.7. The number of carbonyl (C=O) groups is 1. The maximum absolute atomic E-state index is 17.0. The van der Waals surface area contributed by atoms with Crippen molar-refractivity contribution in [3.63, 3.8) is 0 Å². The molecule has 0 radical (unpaired) electrons. The monoisotopic (exact) mass is 667 g/mol. The van der Waals surface area contributed by atoms with Crippen LogP contribution in [0.15, 0.2) is 18.5 Å². The molecule has 3 aromatic heterocycles. The second-order valence-electron chi connectivity index (χ2n) is 13.3. The van der Waals surface area contributed by atoms with E-state index in [0.717, 1.165) is 19.4 Å². The van der Waals surface area contributed by atoms with Gasteiger partial charge in [0.25, 0.3) is 0 Å². The standard InChI is InChI=1S/C33H36ClF2N7O4/c34-23-10-24-21(13-38-41-24)26-20(23)4-1-2-5-25(44)30(45)18-14-42(8-9-46-16-18)31-22-12-37-29(26)27(36)28(22)39-32(40-31)47-17-33-6-3-7-43(33)15-19(35)11-33/h10,12-13,18-19,30,45H,1-9,11,14-17H2,(H,38,41)/t18?,19-,30?,33+/m1/s1. The fourth-order valence-electron chi connectivity index (χ4n) is 8.00. The fraction of sp³-hybridized carbons (Fsp3) is 0.545. The van der Waals surface area contributed by atoms with Gasteiger partial charge in [0.1, 0.15) is 35.9 Å². The highest BCUT2D eigenvalue weighted by molar-refractivity contribution is 6.33. The molecular weight excluding hydrogens is 632 g/mol. The molecule has 5 aliphatic rings. The number of aromatic nitrogens is 5. The molecule has 3 fully saturated rings. The van der Waals surface area contributed by atoms with Crippen molar-refractivity contribution in [2.75, 3.05) is 50.9 Å². The molecule has 0 saturated carbocycles. The molecule has 248 valence electrons. The van der Waals surface area contributed by atoms with Gasteiger partial charge in [0.15, 0.2) is 11.6 Å². The van der Waals surface area contributed by atoms with Crippen LogP contribution in [0.2, 0.25) is 5.02 Å². The topological polar surface area (TPSA) is 130 Å². The summed E-state index contributed by atoms with van der Waals surface area (Å²) in [4.78, 5) is 31.2. The van der Waals surface area contributed by atoms with E-state index in [2.05, 4.69) is 25.1 Å². The van der Waals surface area contributed by atoms with Crippen molar-refractivity contribution in [1.82, 2.24) is 30.0 Å². The Balaban J connectivity index is 1.30. The summed E-state index contributed by atoms with van der Waals surface area (Å²) in [5.74, 6) is -1.07. The van der Waals surface area contributed by atoms with Crippen molar-refractivity contribution in [3.05, 3.63) is 34.9 Å². The van der Waals surface area contributed by atoms with Gasteiger partial charge in [0.2, 0.25) is 0 Å². The molecule has 8 heterocycles. The molecule has 9 rings (SSSR count). The number of nitrogens with one attached hydrogen (secondary N) is 1. The van der Waals surface area contributed by atoms with Crippen LogP contribution in [0.4, 0.5) is 14.6 Å². The van der Waals surface area contributed by atoms with Gasteiger partial charge in [-0.15, -0.1) is 0 Å². The molecule has 0 aliphatic carbocycles. The third kappa shape index (κ3) is 5.41. The highest BCUT2D eigenvalue weighted by Crippen LogP contribution is 2.42. The normalized spacial score (nSPS) is 27.1. The van der Waals surface area contributed by atoms with Crippen molar-refractivity contribution >= 4 is 45.0 Å². The zero-order valence-electron chi connectivity index (χ0n) is 25.9. The Bertz CT molecular complexity index is 1860. The minimum absolute atomic E-state index is 0.0126. The molecular formula is C33H36ClF2N7O4. The quantitative estimate of drug-likeness (QED) is 0.324. The first-order chi connectivity index (χ1) is 22.8. The SMILES string of the molecule is O=C1CCCCc2c(Cl)cc3[nH]ncc3c2-c2ncc3c(nc(OC[C@@]45CCCN4C[C@H](F)C5)nc3c2F)N2CCOCC(C2)C1O. The lowest BCUT2D eigenvalue weighted by Gasteiger charge is -2.31. The zero-order chi connectivity index (χ0) is 32.3. The van der Waals surface area contributed by atoms with E-state index in [1.807, 2.05) is 4.90 Å². The molecule has 5 aliphatic heterocycles. The van der Waals surface area contributed by atoms with E-state index in [9.17, 15) is 14.3 Å². The number of ketones is 1. The third-order valence-electron chi connectivity index (χ3n) is 10.4. The fourth-order valence-corrected chi connectivity index (χ4v) is 8.30. The summed E-state index contributed by atoms with van der Waals surface area (Å²) in [5.41, 5.74) is 1.45. The number of alkyl halides is 1. The van der Waals surface area contributed by atoms with Gasteiger partial charge in [-0.05, 0) is 50.3 Å². The summed E-state index contributed by atoms with van der Waals surface area (Å²) >= 11 is 6.80. The number of anilines is 1. The number of pyridine rings is 1. The van der Waals surface area contributed by atoms with Crippen LogP contribution >= 0.6 is 11.6 Å². The van der Waals surface area contributed by atoms with E-state index in [-0.39, 0.29) is 49.2 Å². The van der Waals surface area contributed by atoms with Gasteiger partial charge in [-0.2, -0.15) is 15.1 Å². The second kappa shape index (κ2) is 12.2. The van der Waals surface area contributed by atoms with Gasteiger partial charge in [-0.1, -0.05) is 11.6 Å². The predicted molar refractivity (Wildman–Crippen MR) is 171 cm³/mol. The molecule has 4 aromatic rings. The number of benzene rings is 1. The number of halogens is 3. The third-order valence-corrected chi connectivity index (χ3v) is 10.7. The lowest BCUT2D eigenvalue weighted by atomic mass is 9.92. The van der Waals surface area contributed by atoms with Crippen LogP contribution in [-0.2, 0) is 16.0 Å². The molecule has 0 amide bonds. The Kier molecular flexibility index (Phi) is 7.98. The van der Waals surface area contributed by atoms with Crippen LogP contribution in [0.1, 0.15) is 44.1 Å². The first kappa shape index (κ1) is 30.8. The number of carbonyl (C=O) groups excluding carboxylic acids is 1. The number of rotatable bonds is 3. The van der Waals surface area contributed by atoms with Gasteiger partial charge in [0.05, 0.1) is 35.9 Å². The largest absolute Gasteiger partial charge is 0.461 e. The van der Waals surface area contributed by atoms with Crippen LogP contribution in [-0.4, -0.2) is 105 Å². The molecule has 0 spiro atoms. The van der Waals surface area contributed by atoms with Gasteiger partial charge in [-0.3, -0.25) is 19.8 Å². The molecule has 6 bridgehead atoms. The van der Waals surface area contributed by atoms with Gasteiger partial charge in [-0.25, -0.2) is 8.78 Å². The molecule has 2 unspecified atom stereocenters. The second-order valence-corrected chi connectivity index (χ2v) is 13.7. The van der Waals surface area contributed by atoms with E-state index < -0.39 is 29.5 Å². The van der Waals surface area contributed by atoms with Gasteiger partial charge < -0.3 is 19.5 Å². The molecule has 11 nitrogen and oxygen atoms in total. The molecule has 14 heteroatoms. The Hall–Kier alpha value is -3.52. The first-order valence-electron chi connectivity index (χ1n) is 16.4. The number of aliphatic hydroxyl groups is 1. The van der Waals surface area contributed by atoms with Crippen molar-refractivity contribution in [1.29, 1.82) is 0 Å². The Morgan fingerprint density at radius 3 is 2.91 bits per heavy atom. The number of aliphatic hydroxyl groups excluding tert-OH is 1. The van der Waals surface area contributed by atoms with Crippen molar-refractivity contribution < 1.29 is 28.2 Å². The number of fused-ring (bicyclic) bond motifs is 8. The van der Waals surface area contributed by atoms with E-state index >= 15 is 4.39 Å². The molecule has 1 aromatic carbocycles. The number of ether oxygens (including phenoxy) is 2. The summed E-state index contributed by atoms with van der Waals surface area (Å²) in [5, 5.41) is 19.7. The highest BCUT2D eigenvalue weighted by Gasteiger charge is 2.49. The van der Waals surface area contributed by atoms with Crippen molar-refractivity contribution in [2.24, 2.45) is 5.92 Å². The number of hydrogen-bond acceptors (Lipinski definition) is 10. The number of nitrogens with zero attached hydrogens (tertiary/aromatic N) is 6. The summed E-state index contributed by atoms with van der Waals surface area (Å²) in [6.45, 7) is 2.48. The van der Waals surface area contributed by atoms with Crippen molar-refractivity contribution in [3.8, 4) is 17.3 Å². The van der Waals surface area contributed by atoms with E-state index in [4.69, 9.17) is 26.1 Å². The van der Waals surface area contributed by atoms with Crippen LogP contribution < -0.4 is 9.64 Å². The number of Topliss-reactive ketones (excluding diaryl/α,β-unsaturated/α-hetero) is 1. The molecule has 3 saturated heterocycles. The number of aromatic amines is 1. The number of hydrogen-bond donors (Lipinski definition) is 2. The Morgan fingerprint density at radius 2 is 2.02 bits per heavy atom. The number of H-pyrrole nitrogens is 1. The maximum atomic E-state index is 17.0. The molecule has 47 heavy (non-hydrogen) atoms. The minimum atomic E-state index is -1.24. The summed E-state index contributed by atoms with van der Waals surface area (Å²) in [6, 6.07) is 1.72. The molecule has 2 N–H and O–H groups in total. The predicted octanol–water partition coefficient (Wildman–Crippen LogP) is 4.43. The average molecular weight is 668 g/mol. The van der Waals surface area contributed by atoms with Gasteiger partial charge in [0, 0.05) is 60.6 Å². The van der Waals surface area contributed by atoms with Gasteiger partial charge >= 0.3 is 6.01 Å². The lowest BCUT2D eigenvalue weighted by Crippen LogP contribution is -2.43. The smallest absolute Gasteiger partial charge is 0.319 e. The minimum Gasteiger partial charge on any atom is -0.461 e. The first-order valence-corrected chi connectivity index (χ1v) is 16.8. The zero-order valence-corrected chi connectivity index (χ0v) is 26.6. The van der Waals surface area contributed by atoms with Crippen LogP contribution in [0.5, 0.6) is 6.01 Å². The summed E-state index contributed by atoms with van der Waals surface area (Å²) in [6.07, 6.45) is 4.87. The highest BCUT2D eigenvalue weighted by atomic mass is 35.5. The lowest BCUT2D eigenvalue weighted by molar-refractivity contribution is -0.130. The van der Waals surface area contributed by atoms with E-state index in [1.54, 1.807) is 18.5 Å². The van der Waals surface area contributed by atoms with Crippen LogP contribution in [0.3, 0.4) is 0 Å². The van der Waals surface area contributed by atoms with Crippen LogP contribution in [0, 0.1) is 11.7 Å². The average Bonchev–Trinajstić information content (AvgIpc) is 3.69. The Labute approximate surface area is 274 Å². The van der Waals surface area contributed by atoms with Crippen molar-refractivity contribution in [2.45, 2.75) is 62.8 Å². The Morgan fingerprint density at radius 1 is 1.15 bits per heavy atom. The molecule has 4 atom stereocenters. The summed E-state index contributed by atoms with van der Waals surface area (Å²) in [7, 11) is 0. The maximum Gasteiger partial charge on any atom is 0.319 e. The van der Waals surface area contributed by atoms with E-state index in [0.29, 0.717) is 83.6 Å².